The van der Waals surface area contributed by atoms with Gasteiger partial charge in [0.15, 0.2) is 0 Å². The number of carbonyl (C=O) groups excluding carboxylic acids is 1. The first-order chi connectivity index (χ1) is 18.8. The summed E-state index contributed by atoms with van der Waals surface area (Å²) in [5.74, 6) is 0.408. The van der Waals surface area contributed by atoms with Gasteiger partial charge in [-0.1, -0.05) is 45.4 Å². The van der Waals surface area contributed by atoms with Gasteiger partial charge >= 0.3 is 0 Å². The molecular weight excluding hydrogens is 512 g/mol. The standard InChI is InChI=1S/C30H38N4O4S/c1-3-4-5-6-7-8-9-22-38-28-18-12-24(13-19-28)23(2)32-33-30(35)25-10-16-27(17-11-25)34-39(36,37)29-20-14-26(31)15-21-29/h10-21,34H,3-9,22,31H2,1-2H3,(H,33,35)/b32-23-. The molecule has 0 aliphatic heterocycles. The van der Waals surface area contributed by atoms with Gasteiger partial charge in [0, 0.05) is 16.9 Å². The van der Waals surface area contributed by atoms with Gasteiger partial charge in [0.2, 0.25) is 0 Å². The summed E-state index contributed by atoms with van der Waals surface area (Å²) in [5, 5.41) is 4.20. The molecule has 0 saturated heterocycles. The molecule has 0 radical (unpaired) electrons. The Kier molecular flexibility index (Phi) is 11.4. The first-order valence-corrected chi connectivity index (χ1v) is 14.8. The van der Waals surface area contributed by atoms with Crippen LogP contribution < -0.4 is 20.6 Å². The number of sulfonamides is 1. The number of unbranched alkanes of at least 4 members (excludes halogenated alkanes) is 6. The van der Waals surface area contributed by atoms with E-state index in [1.807, 2.05) is 31.2 Å². The lowest BCUT2D eigenvalue weighted by Crippen LogP contribution is -2.19. The van der Waals surface area contributed by atoms with E-state index in [9.17, 15) is 13.2 Å². The van der Waals surface area contributed by atoms with Crippen LogP contribution in [0.5, 0.6) is 5.75 Å². The Morgan fingerprint density at radius 1 is 0.821 bits per heavy atom. The molecule has 3 aromatic carbocycles. The van der Waals surface area contributed by atoms with Crippen molar-refractivity contribution in [1.29, 1.82) is 0 Å². The normalized spacial score (nSPS) is 11.7. The molecule has 3 aromatic rings. The zero-order valence-corrected chi connectivity index (χ0v) is 23.5. The van der Waals surface area contributed by atoms with Crippen LogP contribution in [-0.2, 0) is 10.0 Å². The number of nitrogen functional groups attached to an aromatic ring is 1. The van der Waals surface area contributed by atoms with Crippen molar-refractivity contribution in [2.75, 3.05) is 17.1 Å². The second-order valence-electron chi connectivity index (χ2n) is 9.38. The van der Waals surface area contributed by atoms with E-state index in [2.05, 4.69) is 22.2 Å². The Morgan fingerprint density at radius 3 is 2.05 bits per heavy atom. The highest BCUT2D eigenvalue weighted by Crippen LogP contribution is 2.18. The number of amides is 1. The summed E-state index contributed by atoms with van der Waals surface area (Å²) in [6.45, 7) is 4.74. The number of benzene rings is 3. The minimum atomic E-state index is -3.77. The quantitative estimate of drug-likeness (QED) is 0.0880. The Morgan fingerprint density at radius 2 is 1.41 bits per heavy atom. The Balaban J connectivity index is 1.46. The van der Waals surface area contributed by atoms with E-state index in [0.29, 0.717) is 29.3 Å². The molecule has 8 nitrogen and oxygen atoms in total. The van der Waals surface area contributed by atoms with Crippen molar-refractivity contribution in [1.82, 2.24) is 5.43 Å². The van der Waals surface area contributed by atoms with E-state index in [0.717, 1.165) is 17.7 Å². The fourth-order valence-corrected chi connectivity index (χ4v) is 4.91. The number of nitrogens with zero attached hydrogens (tertiary/aromatic N) is 1. The maximum atomic E-state index is 12.5. The van der Waals surface area contributed by atoms with Crippen LogP contribution in [0.15, 0.2) is 82.8 Å². The predicted octanol–water partition coefficient (Wildman–Crippen LogP) is 6.35. The van der Waals surface area contributed by atoms with Crippen molar-refractivity contribution in [3.8, 4) is 5.75 Å². The Bertz CT molecular complexity index is 1320. The number of anilines is 2. The fraction of sp³-hybridized carbons (Fsp3) is 0.333. The van der Waals surface area contributed by atoms with E-state index in [4.69, 9.17) is 10.5 Å². The van der Waals surface area contributed by atoms with E-state index in [1.54, 1.807) is 0 Å². The van der Waals surface area contributed by atoms with Crippen molar-refractivity contribution >= 4 is 33.0 Å². The monoisotopic (exact) mass is 550 g/mol. The van der Waals surface area contributed by atoms with Gasteiger partial charge in [0.05, 0.1) is 17.2 Å². The summed E-state index contributed by atoms with van der Waals surface area (Å²) in [7, 11) is -3.77. The third-order valence-electron chi connectivity index (χ3n) is 6.20. The molecule has 39 heavy (non-hydrogen) atoms. The van der Waals surface area contributed by atoms with Gasteiger partial charge in [-0.2, -0.15) is 5.10 Å². The molecule has 1 amide bonds. The molecule has 0 aromatic heterocycles. The molecular formula is C30H38N4O4S. The van der Waals surface area contributed by atoms with Crippen LogP contribution in [0.3, 0.4) is 0 Å². The maximum Gasteiger partial charge on any atom is 0.271 e. The third-order valence-corrected chi connectivity index (χ3v) is 7.60. The summed E-state index contributed by atoms with van der Waals surface area (Å²) in [5.41, 5.74) is 10.8. The third kappa shape index (κ3) is 9.76. The largest absolute Gasteiger partial charge is 0.494 e. The van der Waals surface area contributed by atoms with Gasteiger partial charge in [-0.05, 0) is 91.7 Å². The van der Waals surface area contributed by atoms with Gasteiger partial charge in [0.25, 0.3) is 15.9 Å². The van der Waals surface area contributed by atoms with Crippen molar-refractivity contribution < 1.29 is 17.9 Å². The highest BCUT2D eigenvalue weighted by atomic mass is 32.2. The number of hydrogen-bond donors (Lipinski definition) is 3. The molecule has 0 aliphatic carbocycles. The second-order valence-corrected chi connectivity index (χ2v) is 11.1. The van der Waals surface area contributed by atoms with Crippen molar-refractivity contribution in [3.05, 3.63) is 83.9 Å². The average molecular weight is 551 g/mol. The van der Waals surface area contributed by atoms with E-state index in [1.165, 1.54) is 87.1 Å². The smallest absolute Gasteiger partial charge is 0.271 e. The topological polar surface area (TPSA) is 123 Å². The molecule has 0 saturated carbocycles. The fourth-order valence-electron chi connectivity index (χ4n) is 3.86. The van der Waals surface area contributed by atoms with Gasteiger partial charge in [-0.15, -0.1) is 0 Å². The van der Waals surface area contributed by atoms with Gasteiger partial charge in [-0.3, -0.25) is 9.52 Å². The first-order valence-electron chi connectivity index (χ1n) is 13.3. The van der Waals surface area contributed by atoms with Gasteiger partial charge in [-0.25, -0.2) is 13.8 Å². The highest BCUT2D eigenvalue weighted by Gasteiger charge is 2.14. The predicted molar refractivity (Wildman–Crippen MR) is 158 cm³/mol. The summed E-state index contributed by atoms with van der Waals surface area (Å²) in [6.07, 6.45) is 8.71. The zero-order valence-electron chi connectivity index (χ0n) is 22.7. The summed E-state index contributed by atoms with van der Waals surface area (Å²) in [6, 6.07) is 19.6. The summed E-state index contributed by atoms with van der Waals surface area (Å²) >= 11 is 0. The van der Waals surface area contributed by atoms with Gasteiger partial charge < -0.3 is 10.5 Å². The van der Waals surface area contributed by atoms with Gasteiger partial charge in [0.1, 0.15) is 5.75 Å². The lowest BCUT2D eigenvalue weighted by Gasteiger charge is -2.09. The van der Waals surface area contributed by atoms with Crippen molar-refractivity contribution in [2.24, 2.45) is 5.10 Å². The molecule has 0 spiro atoms. The zero-order chi connectivity index (χ0) is 28.1. The van der Waals surface area contributed by atoms with E-state index in [-0.39, 0.29) is 4.90 Å². The SMILES string of the molecule is CCCCCCCCCOc1ccc(/C(C)=N\NC(=O)c2ccc(NS(=O)(=O)c3ccc(N)cc3)cc2)cc1. The molecule has 0 atom stereocenters. The van der Waals surface area contributed by atoms with E-state index < -0.39 is 15.9 Å². The van der Waals surface area contributed by atoms with Crippen LogP contribution in [0.1, 0.15) is 74.7 Å². The number of ether oxygens (including phenoxy) is 1. The number of hydrogen-bond acceptors (Lipinski definition) is 6. The molecule has 208 valence electrons. The maximum absolute atomic E-state index is 12.5. The molecule has 0 bridgehead atoms. The van der Waals surface area contributed by atoms with Crippen LogP contribution >= 0.6 is 0 Å². The number of nitrogens with two attached hydrogens (primary N) is 1. The number of carbonyl (C=O) groups is 1. The highest BCUT2D eigenvalue weighted by molar-refractivity contribution is 7.92. The first kappa shape index (κ1) is 29.7. The minimum absolute atomic E-state index is 0.0936. The molecule has 9 heteroatoms. The molecule has 4 N–H and O–H groups in total. The number of nitrogens with one attached hydrogen (secondary N) is 2. The van der Waals surface area contributed by atoms with Crippen LogP contribution in [0, 0.1) is 0 Å². The molecule has 0 aliphatic rings. The second kappa shape index (κ2) is 14.9. The molecule has 0 unspecified atom stereocenters. The van der Waals surface area contributed by atoms with Crippen LogP contribution in [-0.4, -0.2) is 26.6 Å². The number of rotatable bonds is 15. The lowest BCUT2D eigenvalue weighted by molar-refractivity contribution is 0.0955. The lowest BCUT2D eigenvalue weighted by atomic mass is 10.1. The minimum Gasteiger partial charge on any atom is -0.494 e. The molecule has 3 rings (SSSR count). The number of hydrazone groups is 1. The summed E-state index contributed by atoms with van der Waals surface area (Å²) < 4.78 is 33.4. The van der Waals surface area contributed by atoms with Crippen LogP contribution in [0.2, 0.25) is 0 Å². The average Bonchev–Trinajstić information content (AvgIpc) is 2.94. The summed E-state index contributed by atoms with van der Waals surface area (Å²) in [4.78, 5) is 12.6. The molecule has 0 heterocycles. The van der Waals surface area contributed by atoms with Crippen LogP contribution in [0.25, 0.3) is 0 Å². The van der Waals surface area contributed by atoms with Crippen molar-refractivity contribution in [3.63, 3.8) is 0 Å². The van der Waals surface area contributed by atoms with Crippen molar-refractivity contribution in [2.45, 2.75) is 63.7 Å². The van der Waals surface area contributed by atoms with E-state index >= 15 is 0 Å². The Labute approximate surface area is 231 Å². The van der Waals surface area contributed by atoms with Crippen LogP contribution in [0.4, 0.5) is 11.4 Å². The molecule has 0 fully saturated rings. The Hall–Kier alpha value is -3.85.